The van der Waals surface area contributed by atoms with Crippen LogP contribution in [-0.2, 0) is 0 Å². The molecule has 0 spiro atoms. The largest absolute Gasteiger partial charge is 0.314 e. The average molecular weight is 195 g/mol. The van der Waals surface area contributed by atoms with Crippen LogP contribution in [0.1, 0.15) is 52.9 Å². The van der Waals surface area contributed by atoms with Gasteiger partial charge in [0.1, 0.15) is 0 Å². The second kappa shape index (κ2) is 3.84. The molecule has 1 nitrogen and oxygen atoms in total. The molecule has 0 bridgehead atoms. The monoisotopic (exact) mass is 195 g/mol. The van der Waals surface area contributed by atoms with Crippen molar-refractivity contribution in [3.8, 4) is 0 Å². The van der Waals surface area contributed by atoms with Crippen molar-refractivity contribution < 1.29 is 0 Å². The highest BCUT2D eigenvalue weighted by Gasteiger charge is 2.51. The highest BCUT2D eigenvalue weighted by molar-refractivity contribution is 5.04. The van der Waals surface area contributed by atoms with Gasteiger partial charge in [-0.3, -0.25) is 0 Å². The summed E-state index contributed by atoms with van der Waals surface area (Å²) in [7, 11) is 0. The van der Waals surface area contributed by atoms with E-state index >= 15 is 0 Å². The van der Waals surface area contributed by atoms with Gasteiger partial charge in [-0.15, -0.1) is 0 Å². The van der Waals surface area contributed by atoms with Gasteiger partial charge in [-0.25, -0.2) is 0 Å². The highest BCUT2D eigenvalue weighted by Crippen LogP contribution is 2.56. The summed E-state index contributed by atoms with van der Waals surface area (Å²) in [6.07, 6.45) is 7.34. The lowest BCUT2D eigenvalue weighted by atomic mass is 9.90. The molecule has 82 valence electrons. The Labute approximate surface area is 88.7 Å². The number of hydrogen-bond donors (Lipinski definition) is 1. The highest BCUT2D eigenvalue weighted by atomic mass is 14.9. The number of nitrogens with one attached hydrogen (secondary N) is 1. The molecule has 2 aliphatic rings. The van der Waals surface area contributed by atoms with Crippen molar-refractivity contribution in [1.29, 1.82) is 0 Å². The molecule has 0 aromatic heterocycles. The van der Waals surface area contributed by atoms with Gasteiger partial charge in [-0.1, -0.05) is 33.6 Å². The van der Waals surface area contributed by atoms with Crippen molar-refractivity contribution in [2.24, 2.45) is 17.3 Å². The van der Waals surface area contributed by atoms with Gasteiger partial charge in [-0.2, -0.15) is 0 Å². The topological polar surface area (TPSA) is 12.0 Å². The van der Waals surface area contributed by atoms with E-state index in [0.29, 0.717) is 5.41 Å². The molecule has 1 heteroatoms. The predicted molar refractivity (Wildman–Crippen MR) is 61.3 cm³/mol. The van der Waals surface area contributed by atoms with Crippen molar-refractivity contribution >= 4 is 0 Å². The van der Waals surface area contributed by atoms with Crippen molar-refractivity contribution in [2.75, 3.05) is 6.54 Å². The molecule has 0 heterocycles. The van der Waals surface area contributed by atoms with Crippen LogP contribution < -0.4 is 5.32 Å². The Hall–Kier alpha value is -0.0400. The van der Waals surface area contributed by atoms with E-state index < -0.39 is 0 Å². The standard InChI is InChI=1S/C13H25N/c1-4-14-12(10-7-5-6-8-10)11-9-13(11,2)3/h10-12,14H,4-9H2,1-3H3. The van der Waals surface area contributed by atoms with Crippen LogP contribution in [0.3, 0.4) is 0 Å². The van der Waals surface area contributed by atoms with Gasteiger partial charge in [-0.05, 0) is 43.1 Å². The zero-order chi connectivity index (χ0) is 10.2. The third kappa shape index (κ3) is 1.98. The van der Waals surface area contributed by atoms with Crippen molar-refractivity contribution in [3.05, 3.63) is 0 Å². The molecule has 14 heavy (non-hydrogen) atoms. The third-order valence-corrected chi connectivity index (χ3v) is 4.37. The van der Waals surface area contributed by atoms with Gasteiger partial charge in [0, 0.05) is 6.04 Å². The number of rotatable bonds is 4. The maximum absolute atomic E-state index is 3.74. The molecule has 0 amide bonds. The minimum atomic E-state index is 0.634. The molecule has 0 aliphatic heterocycles. The Morgan fingerprint density at radius 1 is 1.29 bits per heavy atom. The van der Waals surface area contributed by atoms with E-state index in [1.54, 1.807) is 0 Å². The smallest absolute Gasteiger partial charge is 0.0129 e. The first-order valence-corrected chi connectivity index (χ1v) is 6.38. The Kier molecular flexibility index (Phi) is 2.88. The fraction of sp³-hybridized carbons (Fsp3) is 1.00. The summed E-state index contributed by atoms with van der Waals surface area (Å²) in [5, 5.41) is 3.74. The van der Waals surface area contributed by atoms with Crippen molar-refractivity contribution in [3.63, 3.8) is 0 Å². The van der Waals surface area contributed by atoms with Crippen molar-refractivity contribution in [2.45, 2.75) is 58.9 Å². The SMILES string of the molecule is CCNC(C1CCCC1)C1CC1(C)C. The summed E-state index contributed by atoms with van der Waals surface area (Å²) in [4.78, 5) is 0. The van der Waals surface area contributed by atoms with E-state index in [-0.39, 0.29) is 0 Å². The molecule has 2 aliphatic carbocycles. The first-order valence-electron chi connectivity index (χ1n) is 6.38. The van der Waals surface area contributed by atoms with Crippen LogP contribution in [0.4, 0.5) is 0 Å². The Balaban J connectivity index is 1.94. The minimum absolute atomic E-state index is 0.634. The Bertz CT molecular complexity index is 187. The predicted octanol–water partition coefficient (Wildman–Crippen LogP) is 3.20. The molecule has 1 N–H and O–H groups in total. The van der Waals surface area contributed by atoms with Crippen LogP contribution in [0.2, 0.25) is 0 Å². The van der Waals surface area contributed by atoms with Gasteiger partial charge >= 0.3 is 0 Å². The second-order valence-corrected chi connectivity index (χ2v) is 5.93. The Morgan fingerprint density at radius 3 is 2.29 bits per heavy atom. The van der Waals surface area contributed by atoms with E-state index in [1.165, 1.54) is 32.1 Å². The van der Waals surface area contributed by atoms with Crippen LogP contribution in [0.5, 0.6) is 0 Å². The third-order valence-electron chi connectivity index (χ3n) is 4.37. The lowest BCUT2D eigenvalue weighted by Gasteiger charge is -2.25. The molecule has 2 saturated carbocycles. The first kappa shape index (κ1) is 10.5. The molecule has 0 aromatic carbocycles. The molecular formula is C13H25N. The van der Waals surface area contributed by atoms with Gasteiger partial charge in [0.15, 0.2) is 0 Å². The van der Waals surface area contributed by atoms with E-state index in [4.69, 9.17) is 0 Å². The summed E-state index contributed by atoms with van der Waals surface area (Å²) in [5.74, 6) is 1.95. The van der Waals surface area contributed by atoms with Crippen LogP contribution in [0, 0.1) is 17.3 Å². The normalized spacial score (nSPS) is 33.2. The lowest BCUT2D eigenvalue weighted by molar-refractivity contribution is 0.301. The van der Waals surface area contributed by atoms with Crippen molar-refractivity contribution in [1.82, 2.24) is 5.32 Å². The average Bonchev–Trinajstić information content (AvgIpc) is 2.61. The summed E-state index contributed by atoms with van der Waals surface area (Å²) in [6, 6.07) is 0.831. The van der Waals surface area contributed by atoms with E-state index in [2.05, 4.69) is 26.1 Å². The molecule has 2 unspecified atom stereocenters. The zero-order valence-corrected chi connectivity index (χ0v) is 9.97. The molecule has 0 radical (unpaired) electrons. The first-order chi connectivity index (χ1) is 6.65. The summed E-state index contributed by atoms with van der Waals surface area (Å²) in [6.45, 7) is 8.25. The maximum atomic E-state index is 3.74. The van der Waals surface area contributed by atoms with E-state index in [0.717, 1.165) is 24.4 Å². The van der Waals surface area contributed by atoms with Crippen LogP contribution in [0.25, 0.3) is 0 Å². The molecule has 0 aromatic rings. The van der Waals surface area contributed by atoms with Crippen LogP contribution >= 0.6 is 0 Å². The maximum Gasteiger partial charge on any atom is 0.0129 e. The number of hydrogen-bond acceptors (Lipinski definition) is 1. The van der Waals surface area contributed by atoms with Gasteiger partial charge < -0.3 is 5.32 Å². The van der Waals surface area contributed by atoms with E-state index in [1.807, 2.05) is 0 Å². The van der Waals surface area contributed by atoms with Crippen LogP contribution in [-0.4, -0.2) is 12.6 Å². The summed E-state index contributed by atoms with van der Waals surface area (Å²) >= 11 is 0. The fourth-order valence-electron chi connectivity index (χ4n) is 3.31. The second-order valence-electron chi connectivity index (χ2n) is 5.93. The van der Waals surface area contributed by atoms with Gasteiger partial charge in [0.2, 0.25) is 0 Å². The minimum Gasteiger partial charge on any atom is -0.314 e. The van der Waals surface area contributed by atoms with Gasteiger partial charge in [0.25, 0.3) is 0 Å². The molecule has 2 atom stereocenters. The summed E-state index contributed by atoms with van der Waals surface area (Å²) < 4.78 is 0. The fourth-order valence-corrected chi connectivity index (χ4v) is 3.31. The quantitative estimate of drug-likeness (QED) is 0.726. The zero-order valence-electron chi connectivity index (χ0n) is 9.97. The molecule has 2 rings (SSSR count). The van der Waals surface area contributed by atoms with Crippen LogP contribution in [0.15, 0.2) is 0 Å². The summed E-state index contributed by atoms with van der Waals surface area (Å²) in [5.41, 5.74) is 0.634. The Morgan fingerprint density at radius 2 is 1.86 bits per heavy atom. The molecule has 0 saturated heterocycles. The van der Waals surface area contributed by atoms with Gasteiger partial charge in [0.05, 0.1) is 0 Å². The van der Waals surface area contributed by atoms with E-state index in [9.17, 15) is 0 Å². The molecule has 2 fully saturated rings. The lowest BCUT2D eigenvalue weighted by Crippen LogP contribution is -2.38. The molecular weight excluding hydrogens is 170 g/mol.